The highest BCUT2D eigenvalue weighted by Gasteiger charge is 2.27. The number of piperazine rings is 1. The molecule has 1 unspecified atom stereocenters. The van der Waals surface area contributed by atoms with Gasteiger partial charge in [0.05, 0.1) is 12.2 Å². The number of imidazole rings is 1. The molecule has 1 aliphatic rings. The van der Waals surface area contributed by atoms with Crippen LogP contribution in [-0.4, -0.2) is 61.8 Å². The summed E-state index contributed by atoms with van der Waals surface area (Å²) in [5, 5.41) is 3.31. The lowest BCUT2D eigenvalue weighted by Gasteiger charge is -2.40. The van der Waals surface area contributed by atoms with E-state index >= 15 is 0 Å². The zero-order valence-electron chi connectivity index (χ0n) is 20.0. The summed E-state index contributed by atoms with van der Waals surface area (Å²) < 4.78 is 0. The quantitative estimate of drug-likeness (QED) is 0.443. The predicted molar refractivity (Wildman–Crippen MR) is 134 cm³/mol. The molecule has 3 heterocycles. The molecule has 1 saturated heterocycles. The van der Waals surface area contributed by atoms with Crippen LogP contribution in [0.5, 0.6) is 0 Å². The van der Waals surface area contributed by atoms with Crippen molar-refractivity contribution in [2.45, 2.75) is 39.3 Å². The molecule has 3 aromatic rings. The van der Waals surface area contributed by atoms with Gasteiger partial charge in [-0.1, -0.05) is 44.7 Å². The summed E-state index contributed by atoms with van der Waals surface area (Å²) >= 11 is 0. The van der Waals surface area contributed by atoms with Gasteiger partial charge < -0.3 is 15.2 Å². The van der Waals surface area contributed by atoms with Crippen LogP contribution in [0.15, 0.2) is 47.9 Å². The first-order chi connectivity index (χ1) is 16.3. The van der Waals surface area contributed by atoms with Crippen molar-refractivity contribution >= 4 is 23.0 Å². The third-order valence-electron chi connectivity index (χ3n) is 6.37. The summed E-state index contributed by atoms with van der Waals surface area (Å²) in [6.07, 6.45) is 4.05. The van der Waals surface area contributed by atoms with Gasteiger partial charge in [0.15, 0.2) is 5.65 Å². The predicted octanol–water partition coefficient (Wildman–Crippen LogP) is 3.24. The molecule has 9 heteroatoms. The normalized spacial score (nSPS) is 16.5. The monoisotopic (exact) mass is 463 g/mol. The number of aromatic amines is 2. The lowest BCUT2D eigenvalue weighted by molar-refractivity contribution is -0.128. The first-order valence-electron chi connectivity index (χ1n) is 11.8. The Hall–Kier alpha value is -3.46. The maximum Gasteiger partial charge on any atom is 0.325 e. The van der Waals surface area contributed by atoms with Crippen molar-refractivity contribution in [1.82, 2.24) is 29.7 Å². The number of hydrogen-bond donors (Lipinski definition) is 3. The highest BCUT2D eigenvalue weighted by molar-refractivity contribution is 5.87. The van der Waals surface area contributed by atoms with E-state index in [2.05, 4.69) is 81.8 Å². The van der Waals surface area contributed by atoms with E-state index in [1.54, 1.807) is 6.20 Å². The molecular formula is C25H33N7O2. The van der Waals surface area contributed by atoms with E-state index in [1.165, 1.54) is 11.6 Å². The number of amides is 1. The number of anilines is 1. The Labute approximate surface area is 199 Å². The van der Waals surface area contributed by atoms with Gasteiger partial charge in [-0.2, -0.15) is 4.98 Å². The molecule has 0 saturated carbocycles. The number of nitrogens with zero attached hydrogens (tertiary/aromatic N) is 4. The summed E-state index contributed by atoms with van der Waals surface area (Å²) in [6, 6.07) is 9.01. The molecule has 180 valence electrons. The topological polar surface area (TPSA) is 110 Å². The summed E-state index contributed by atoms with van der Waals surface area (Å²) in [4.78, 5) is 41.7. The van der Waals surface area contributed by atoms with E-state index in [9.17, 15) is 9.59 Å². The van der Waals surface area contributed by atoms with Crippen LogP contribution >= 0.6 is 0 Å². The molecule has 0 spiro atoms. The maximum absolute atomic E-state index is 11.9. The Bertz CT molecular complexity index is 1190. The van der Waals surface area contributed by atoms with Crippen LogP contribution in [0.25, 0.3) is 11.2 Å². The molecule has 0 bridgehead atoms. The number of aromatic nitrogens is 4. The fourth-order valence-corrected chi connectivity index (χ4v) is 4.51. The Morgan fingerprint density at radius 2 is 1.79 bits per heavy atom. The van der Waals surface area contributed by atoms with Gasteiger partial charge >= 0.3 is 5.69 Å². The largest absolute Gasteiger partial charge is 0.348 e. The zero-order valence-corrected chi connectivity index (χ0v) is 20.0. The number of nitrogens with one attached hydrogen (secondary N) is 3. The van der Waals surface area contributed by atoms with Crippen molar-refractivity contribution in [3.63, 3.8) is 0 Å². The van der Waals surface area contributed by atoms with Crippen LogP contribution in [0.2, 0.25) is 0 Å². The van der Waals surface area contributed by atoms with Gasteiger partial charge in [0.2, 0.25) is 11.9 Å². The average molecular weight is 464 g/mol. The SMILES string of the molecule is C=CC(=O)N1CCN(C(CC(C)C)c2ccc([C@H](C)Nc3ncc4[nH]c(=O)[nH]c4n3)cc2)CC1. The van der Waals surface area contributed by atoms with Crippen molar-refractivity contribution in [1.29, 1.82) is 0 Å². The average Bonchev–Trinajstić information content (AvgIpc) is 3.21. The molecule has 2 aromatic heterocycles. The standard InChI is InChI=1S/C25H33N7O2/c1-5-22(33)32-12-10-31(11-13-32)21(14-16(2)3)19-8-6-18(7-9-19)17(4)27-24-26-15-20-23(29-24)30-25(34)28-20/h5-9,15-17,21H,1,10-14H2,2-4H3,(H3,26,27,28,29,30,34)/t17-,21?/m0/s1. The summed E-state index contributed by atoms with van der Waals surface area (Å²) in [7, 11) is 0. The third kappa shape index (κ3) is 5.36. The molecule has 1 amide bonds. The van der Waals surface area contributed by atoms with Crippen LogP contribution in [0.4, 0.5) is 5.95 Å². The second kappa shape index (κ2) is 10.2. The number of hydrogen-bond acceptors (Lipinski definition) is 6. The van der Waals surface area contributed by atoms with E-state index in [0.29, 0.717) is 29.1 Å². The molecule has 34 heavy (non-hydrogen) atoms. The van der Waals surface area contributed by atoms with E-state index in [0.717, 1.165) is 38.2 Å². The van der Waals surface area contributed by atoms with Crippen LogP contribution in [0.3, 0.4) is 0 Å². The first-order valence-corrected chi connectivity index (χ1v) is 11.8. The summed E-state index contributed by atoms with van der Waals surface area (Å²) in [6.45, 7) is 13.3. The van der Waals surface area contributed by atoms with Crippen molar-refractivity contribution < 1.29 is 4.79 Å². The Morgan fingerprint density at radius 3 is 2.44 bits per heavy atom. The van der Waals surface area contributed by atoms with E-state index in [4.69, 9.17) is 0 Å². The van der Waals surface area contributed by atoms with Crippen LogP contribution in [0.1, 0.15) is 50.4 Å². The molecule has 0 radical (unpaired) electrons. The number of carbonyl (C=O) groups excluding carboxylic acids is 1. The fraction of sp³-hybridized carbons (Fsp3) is 0.440. The second-order valence-electron chi connectivity index (χ2n) is 9.28. The lowest BCUT2D eigenvalue weighted by Crippen LogP contribution is -2.49. The summed E-state index contributed by atoms with van der Waals surface area (Å²) in [5.41, 5.74) is 3.18. The van der Waals surface area contributed by atoms with E-state index in [1.807, 2.05) is 4.90 Å². The van der Waals surface area contributed by atoms with Gasteiger partial charge in [-0.3, -0.25) is 14.7 Å². The first kappa shape index (κ1) is 23.7. The van der Waals surface area contributed by atoms with E-state index in [-0.39, 0.29) is 17.6 Å². The zero-order chi connectivity index (χ0) is 24.2. The van der Waals surface area contributed by atoms with Gasteiger partial charge in [-0.15, -0.1) is 0 Å². The smallest absolute Gasteiger partial charge is 0.325 e. The molecule has 1 aromatic carbocycles. The molecular weight excluding hydrogens is 430 g/mol. The minimum Gasteiger partial charge on any atom is -0.348 e. The minimum absolute atomic E-state index is 0.00540. The molecule has 2 atom stereocenters. The summed E-state index contributed by atoms with van der Waals surface area (Å²) in [5.74, 6) is 1.03. The lowest BCUT2D eigenvalue weighted by atomic mass is 9.93. The molecule has 4 rings (SSSR count). The van der Waals surface area contributed by atoms with Gasteiger partial charge in [0.25, 0.3) is 0 Å². The number of carbonyl (C=O) groups is 1. The fourth-order valence-electron chi connectivity index (χ4n) is 4.51. The molecule has 9 nitrogen and oxygen atoms in total. The Balaban J connectivity index is 1.45. The highest BCUT2D eigenvalue weighted by atomic mass is 16.2. The second-order valence-corrected chi connectivity index (χ2v) is 9.28. The van der Waals surface area contributed by atoms with Crippen molar-refractivity contribution in [3.05, 3.63) is 64.7 Å². The van der Waals surface area contributed by atoms with Crippen LogP contribution < -0.4 is 11.0 Å². The highest BCUT2D eigenvalue weighted by Crippen LogP contribution is 2.30. The molecule has 1 aliphatic heterocycles. The van der Waals surface area contributed by atoms with Gasteiger partial charge in [0, 0.05) is 32.2 Å². The van der Waals surface area contributed by atoms with Crippen molar-refractivity contribution in [3.8, 4) is 0 Å². The van der Waals surface area contributed by atoms with Gasteiger partial charge in [0.1, 0.15) is 5.52 Å². The van der Waals surface area contributed by atoms with E-state index < -0.39 is 0 Å². The molecule has 1 fully saturated rings. The van der Waals surface area contributed by atoms with Gasteiger partial charge in [-0.05, 0) is 36.5 Å². The Morgan fingerprint density at radius 1 is 1.12 bits per heavy atom. The number of benzene rings is 1. The number of fused-ring (bicyclic) bond motifs is 1. The van der Waals surface area contributed by atoms with Crippen molar-refractivity contribution in [2.75, 3.05) is 31.5 Å². The Kier molecular flexibility index (Phi) is 7.12. The van der Waals surface area contributed by atoms with Gasteiger partial charge in [-0.25, -0.2) is 9.78 Å². The number of H-pyrrole nitrogens is 2. The third-order valence-corrected chi connectivity index (χ3v) is 6.37. The van der Waals surface area contributed by atoms with Crippen LogP contribution in [-0.2, 0) is 4.79 Å². The minimum atomic E-state index is -0.297. The molecule has 0 aliphatic carbocycles. The van der Waals surface area contributed by atoms with Crippen LogP contribution in [0, 0.1) is 5.92 Å². The van der Waals surface area contributed by atoms with Crippen molar-refractivity contribution in [2.24, 2.45) is 5.92 Å². The number of rotatable bonds is 8. The maximum atomic E-state index is 11.9. The molecule has 3 N–H and O–H groups in total.